The number of hydrogen-bond acceptors (Lipinski definition) is 6. The maximum atomic E-state index is 13.4. The van der Waals surface area contributed by atoms with E-state index in [1.54, 1.807) is 24.3 Å². The predicted molar refractivity (Wildman–Crippen MR) is 154 cm³/mol. The molecule has 1 atom stereocenters. The maximum Gasteiger partial charge on any atom is 0.269 e. The van der Waals surface area contributed by atoms with E-state index in [4.69, 9.17) is 0 Å². The third-order valence-corrected chi connectivity index (χ3v) is 7.45. The second kappa shape index (κ2) is 14.4. The summed E-state index contributed by atoms with van der Waals surface area (Å²) in [7, 11) is 0. The third kappa shape index (κ3) is 7.98. The van der Waals surface area contributed by atoms with Gasteiger partial charge in [-0.1, -0.05) is 80.4 Å². The number of thioether (sulfide) groups is 1. The maximum absolute atomic E-state index is 13.4. The SMILES string of the molecule is CCCCCCC(=O)NC(Cc1ccccc1)c1nnc(SCc2ccc(F)cc2)n1-c1ccc([N+](=O)[O-])cc1. The van der Waals surface area contributed by atoms with Crippen LogP contribution in [-0.2, 0) is 17.0 Å². The number of rotatable bonds is 14. The minimum absolute atomic E-state index is 0.0277. The summed E-state index contributed by atoms with van der Waals surface area (Å²) < 4.78 is 15.2. The largest absolute Gasteiger partial charge is 0.346 e. The van der Waals surface area contributed by atoms with Crippen molar-refractivity contribution in [1.29, 1.82) is 0 Å². The van der Waals surface area contributed by atoms with E-state index in [1.165, 1.54) is 36.0 Å². The van der Waals surface area contributed by atoms with E-state index >= 15 is 0 Å². The fourth-order valence-electron chi connectivity index (χ4n) is 4.33. The van der Waals surface area contributed by atoms with Crippen LogP contribution in [0.3, 0.4) is 0 Å². The molecule has 0 radical (unpaired) electrons. The van der Waals surface area contributed by atoms with Crippen molar-refractivity contribution >= 4 is 23.4 Å². The molecular formula is C30H32FN5O3S. The zero-order chi connectivity index (χ0) is 28.3. The molecule has 0 saturated carbocycles. The van der Waals surface area contributed by atoms with Gasteiger partial charge in [0, 0.05) is 30.0 Å². The van der Waals surface area contributed by atoms with Gasteiger partial charge in [0.25, 0.3) is 5.69 Å². The number of carbonyl (C=O) groups is 1. The van der Waals surface area contributed by atoms with E-state index in [0.717, 1.165) is 36.8 Å². The monoisotopic (exact) mass is 561 g/mol. The molecule has 4 aromatic rings. The Labute approximate surface area is 237 Å². The average molecular weight is 562 g/mol. The second-order valence-corrected chi connectivity index (χ2v) is 10.4. The van der Waals surface area contributed by atoms with Crippen LogP contribution in [0.25, 0.3) is 5.69 Å². The lowest BCUT2D eigenvalue weighted by atomic mass is 10.0. The highest BCUT2D eigenvalue weighted by atomic mass is 32.2. The van der Waals surface area contributed by atoms with Crippen LogP contribution in [-0.4, -0.2) is 25.6 Å². The first-order valence-electron chi connectivity index (χ1n) is 13.3. The summed E-state index contributed by atoms with van der Waals surface area (Å²) >= 11 is 1.41. The standard InChI is InChI=1S/C30H32FN5O3S/c1-2-3-4-8-11-28(37)32-27(20-22-9-6-5-7-10-22)29-33-34-30(40-21-23-12-14-24(31)15-13-23)35(29)25-16-18-26(19-17-25)36(38)39/h5-7,9-10,12-19,27H,2-4,8,11,20-21H2,1H3,(H,32,37). The van der Waals surface area contributed by atoms with Crippen LogP contribution in [0.1, 0.15) is 62.0 Å². The Balaban J connectivity index is 1.68. The van der Waals surface area contributed by atoms with E-state index in [2.05, 4.69) is 22.4 Å². The average Bonchev–Trinajstić information content (AvgIpc) is 3.39. The summed E-state index contributed by atoms with van der Waals surface area (Å²) in [5.74, 6) is 0.676. The summed E-state index contributed by atoms with van der Waals surface area (Å²) in [6.07, 6.45) is 4.90. The van der Waals surface area contributed by atoms with Crippen molar-refractivity contribution in [3.05, 3.63) is 112 Å². The molecule has 10 heteroatoms. The van der Waals surface area contributed by atoms with Gasteiger partial charge in [0.15, 0.2) is 11.0 Å². The van der Waals surface area contributed by atoms with Gasteiger partial charge >= 0.3 is 0 Å². The van der Waals surface area contributed by atoms with E-state index in [-0.39, 0.29) is 17.4 Å². The van der Waals surface area contributed by atoms with Gasteiger partial charge < -0.3 is 5.32 Å². The molecule has 1 amide bonds. The summed E-state index contributed by atoms with van der Waals surface area (Å²) in [5.41, 5.74) is 2.55. The van der Waals surface area contributed by atoms with Crippen molar-refractivity contribution < 1.29 is 14.1 Å². The lowest BCUT2D eigenvalue weighted by Gasteiger charge is -2.20. The molecule has 208 valence electrons. The van der Waals surface area contributed by atoms with Crippen LogP contribution < -0.4 is 5.32 Å². The molecule has 4 rings (SSSR count). The van der Waals surface area contributed by atoms with Crippen molar-refractivity contribution in [2.45, 2.75) is 62.4 Å². The van der Waals surface area contributed by atoms with Crippen molar-refractivity contribution in [2.24, 2.45) is 0 Å². The predicted octanol–water partition coefficient (Wildman–Crippen LogP) is 6.98. The molecule has 0 bridgehead atoms. The molecule has 1 aromatic heterocycles. The van der Waals surface area contributed by atoms with Crippen LogP contribution >= 0.6 is 11.8 Å². The summed E-state index contributed by atoms with van der Waals surface area (Å²) in [6, 6.07) is 21.8. The van der Waals surface area contributed by atoms with E-state index in [9.17, 15) is 19.3 Å². The molecule has 0 fully saturated rings. The quantitative estimate of drug-likeness (QED) is 0.0771. The number of halogens is 1. The molecule has 0 saturated heterocycles. The summed E-state index contributed by atoms with van der Waals surface area (Å²) in [4.78, 5) is 23.8. The van der Waals surface area contributed by atoms with E-state index < -0.39 is 11.0 Å². The van der Waals surface area contributed by atoms with Crippen LogP contribution in [0.5, 0.6) is 0 Å². The van der Waals surface area contributed by atoms with Gasteiger partial charge in [0.1, 0.15) is 5.82 Å². The van der Waals surface area contributed by atoms with Crippen molar-refractivity contribution in [1.82, 2.24) is 20.1 Å². The molecule has 1 unspecified atom stereocenters. The Kier molecular flexibility index (Phi) is 10.4. The zero-order valence-electron chi connectivity index (χ0n) is 22.3. The number of non-ortho nitro benzene ring substituents is 1. The second-order valence-electron chi connectivity index (χ2n) is 9.49. The number of nitro groups is 1. The van der Waals surface area contributed by atoms with Crippen LogP contribution in [0.15, 0.2) is 84.0 Å². The van der Waals surface area contributed by atoms with Crippen LogP contribution in [0, 0.1) is 15.9 Å². The summed E-state index contributed by atoms with van der Waals surface area (Å²) in [5, 5.41) is 24.0. The topological polar surface area (TPSA) is 103 Å². The number of unbranched alkanes of at least 4 members (excludes halogenated alkanes) is 3. The molecule has 40 heavy (non-hydrogen) atoms. The third-order valence-electron chi connectivity index (χ3n) is 6.45. The number of nitrogens with zero attached hydrogens (tertiary/aromatic N) is 4. The lowest BCUT2D eigenvalue weighted by molar-refractivity contribution is -0.384. The number of aromatic nitrogens is 3. The molecule has 0 aliphatic rings. The van der Waals surface area contributed by atoms with Gasteiger partial charge in [0.05, 0.1) is 11.0 Å². The Bertz CT molecular complexity index is 1400. The minimum atomic E-state index is -0.482. The molecule has 1 heterocycles. The molecule has 0 spiro atoms. The molecule has 0 aliphatic heterocycles. The van der Waals surface area contributed by atoms with Gasteiger partial charge in [-0.15, -0.1) is 10.2 Å². The Hall–Kier alpha value is -4.05. The lowest BCUT2D eigenvalue weighted by Crippen LogP contribution is -2.31. The number of amides is 1. The van der Waals surface area contributed by atoms with Gasteiger partial charge in [-0.2, -0.15) is 0 Å². The number of nitro benzene ring substituents is 1. The first-order valence-corrected chi connectivity index (χ1v) is 14.3. The molecule has 0 aliphatic carbocycles. The number of hydrogen-bond donors (Lipinski definition) is 1. The highest BCUT2D eigenvalue weighted by molar-refractivity contribution is 7.98. The normalized spacial score (nSPS) is 11.8. The fourth-order valence-corrected chi connectivity index (χ4v) is 5.25. The van der Waals surface area contributed by atoms with Gasteiger partial charge in [0.2, 0.25) is 5.91 Å². The Morgan fingerprint density at radius 2 is 1.70 bits per heavy atom. The van der Waals surface area contributed by atoms with Gasteiger partial charge in [-0.05, 0) is 48.2 Å². The molecule has 1 N–H and O–H groups in total. The summed E-state index contributed by atoms with van der Waals surface area (Å²) in [6.45, 7) is 2.13. The number of carbonyl (C=O) groups excluding carboxylic acids is 1. The Morgan fingerprint density at radius 3 is 2.38 bits per heavy atom. The smallest absolute Gasteiger partial charge is 0.269 e. The Morgan fingerprint density at radius 1 is 0.975 bits per heavy atom. The van der Waals surface area contributed by atoms with Crippen molar-refractivity contribution in [3.8, 4) is 5.69 Å². The van der Waals surface area contributed by atoms with Gasteiger partial charge in [-0.3, -0.25) is 19.5 Å². The first kappa shape index (κ1) is 28.9. The van der Waals surface area contributed by atoms with Gasteiger partial charge in [-0.25, -0.2) is 4.39 Å². The molecule has 3 aromatic carbocycles. The highest BCUT2D eigenvalue weighted by Gasteiger charge is 2.25. The van der Waals surface area contributed by atoms with Crippen molar-refractivity contribution in [3.63, 3.8) is 0 Å². The molecule has 8 nitrogen and oxygen atoms in total. The van der Waals surface area contributed by atoms with E-state index in [1.807, 2.05) is 34.9 Å². The number of nitrogens with one attached hydrogen (secondary N) is 1. The fraction of sp³-hybridized carbons (Fsp3) is 0.300. The first-order chi connectivity index (χ1) is 19.4. The molecular weight excluding hydrogens is 529 g/mol. The number of benzene rings is 3. The highest BCUT2D eigenvalue weighted by Crippen LogP contribution is 2.30. The zero-order valence-corrected chi connectivity index (χ0v) is 23.1. The van der Waals surface area contributed by atoms with Crippen LogP contribution in [0.2, 0.25) is 0 Å². The van der Waals surface area contributed by atoms with Crippen molar-refractivity contribution in [2.75, 3.05) is 0 Å². The minimum Gasteiger partial charge on any atom is -0.346 e. The van der Waals surface area contributed by atoms with E-state index in [0.29, 0.717) is 35.3 Å². The van der Waals surface area contributed by atoms with Crippen LogP contribution in [0.4, 0.5) is 10.1 Å².